The number of nitrogens with one attached hydrogen (secondary N) is 1. The molecule has 0 aromatic heterocycles. The van der Waals surface area contributed by atoms with E-state index in [1.807, 2.05) is 0 Å². The maximum absolute atomic E-state index is 5.49. The number of anilines is 1. The van der Waals surface area contributed by atoms with E-state index in [0.717, 1.165) is 26.1 Å². The smallest absolute Gasteiger partial charge is 0.0340 e. The van der Waals surface area contributed by atoms with Crippen molar-refractivity contribution in [1.29, 1.82) is 0 Å². The van der Waals surface area contributed by atoms with Crippen molar-refractivity contribution in [3.63, 3.8) is 0 Å². The van der Waals surface area contributed by atoms with E-state index in [1.165, 1.54) is 56.4 Å². The molecule has 3 N–H and O–H groups in total. The minimum absolute atomic E-state index is 0.825. The predicted octanol–water partition coefficient (Wildman–Crippen LogP) is 3.21. The van der Waals surface area contributed by atoms with Crippen LogP contribution in [0.15, 0.2) is 24.3 Å². The molecule has 1 saturated heterocycles. The van der Waals surface area contributed by atoms with Crippen molar-refractivity contribution in [2.75, 3.05) is 31.5 Å². The zero-order valence-electron chi connectivity index (χ0n) is 12.6. The molecule has 1 fully saturated rings. The maximum atomic E-state index is 5.49. The lowest BCUT2D eigenvalue weighted by Crippen LogP contribution is -2.18. The summed E-state index contributed by atoms with van der Waals surface area (Å²) in [6, 6.07) is 8.95. The van der Waals surface area contributed by atoms with Crippen molar-refractivity contribution in [2.45, 2.75) is 45.1 Å². The molecular formula is C17H29N3. The van der Waals surface area contributed by atoms with Gasteiger partial charge >= 0.3 is 0 Å². The number of nitrogens with two attached hydrogens (primary N) is 1. The third-order valence-electron chi connectivity index (χ3n) is 4.02. The first-order chi connectivity index (χ1) is 9.88. The van der Waals surface area contributed by atoms with Crippen molar-refractivity contribution in [3.8, 4) is 0 Å². The van der Waals surface area contributed by atoms with Crippen molar-refractivity contribution in [1.82, 2.24) is 4.90 Å². The molecule has 1 aromatic rings. The fourth-order valence-electron chi connectivity index (χ4n) is 2.78. The van der Waals surface area contributed by atoms with Gasteiger partial charge in [-0.15, -0.1) is 0 Å². The molecule has 112 valence electrons. The Labute approximate surface area is 123 Å². The largest absolute Gasteiger partial charge is 0.385 e. The van der Waals surface area contributed by atoms with Crippen LogP contribution in [0.3, 0.4) is 0 Å². The van der Waals surface area contributed by atoms with E-state index in [0.29, 0.717) is 0 Å². The molecule has 0 bridgehead atoms. The second-order valence-corrected chi connectivity index (χ2v) is 5.81. The highest BCUT2D eigenvalue weighted by Crippen LogP contribution is 2.15. The van der Waals surface area contributed by atoms with Crippen LogP contribution in [0.25, 0.3) is 0 Å². The van der Waals surface area contributed by atoms with Gasteiger partial charge in [-0.3, -0.25) is 4.90 Å². The molecule has 0 saturated carbocycles. The number of hydrogen-bond acceptors (Lipinski definition) is 3. The van der Waals surface area contributed by atoms with E-state index in [-0.39, 0.29) is 0 Å². The molecular weight excluding hydrogens is 246 g/mol. The lowest BCUT2D eigenvalue weighted by Gasteiger charge is -2.15. The Kier molecular flexibility index (Phi) is 6.89. The minimum Gasteiger partial charge on any atom is -0.385 e. The summed E-state index contributed by atoms with van der Waals surface area (Å²) < 4.78 is 0. The SMILES string of the molecule is NCCCCCCNc1ccc(CN2CCCC2)cc1. The minimum atomic E-state index is 0.825. The monoisotopic (exact) mass is 275 g/mol. The molecule has 0 spiro atoms. The molecule has 1 heterocycles. The van der Waals surface area contributed by atoms with E-state index in [2.05, 4.69) is 34.5 Å². The summed E-state index contributed by atoms with van der Waals surface area (Å²) in [4.78, 5) is 2.54. The van der Waals surface area contributed by atoms with E-state index < -0.39 is 0 Å². The average molecular weight is 275 g/mol. The summed E-state index contributed by atoms with van der Waals surface area (Å²) in [6.07, 6.45) is 7.65. The number of likely N-dealkylation sites (tertiary alicyclic amines) is 1. The highest BCUT2D eigenvalue weighted by Gasteiger charge is 2.11. The summed E-state index contributed by atoms with van der Waals surface area (Å²) in [5.74, 6) is 0. The van der Waals surface area contributed by atoms with E-state index in [4.69, 9.17) is 5.73 Å². The van der Waals surface area contributed by atoms with Gasteiger partial charge in [0.25, 0.3) is 0 Å². The summed E-state index contributed by atoms with van der Waals surface area (Å²) >= 11 is 0. The Morgan fingerprint density at radius 3 is 2.35 bits per heavy atom. The van der Waals surface area contributed by atoms with Crippen LogP contribution in [-0.2, 0) is 6.54 Å². The molecule has 1 aliphatic heterocycles. The van der Waals surface area contributed by atoms with E-state index in [1.54, 1.807) is 0 Å². The molecule has 1 aliphatic rings. The first-order valence-corrected chi connectivity index (χ1v) is 8.14. The Balaban J connectivity index is 1.63. The molecule has 2 rings (SSSR count). The number of hydrogen-bond donors (Lipinski definition) is 2. The van der Waals surface area contributed by atoms with Gasteiger partial charge in [0, 0.05) is 18.8 Å². The van der Waals surface area contributed by atoms with Crippen LogP contribution < -0.4 is 11.1 Å². The van der Waals surface area contributed by atoms with Crippen LogP contribution in [0.2, 0.25) is 0 Å². The summed E-state index contributed by atoms with van der Waals surface area (Å²) in [5, 5.41) is 3.50. The lowest BCUT2D eigenvalue weighted by molar-refractivity contribution is 0.331. The van der Waals surface area contributed by atoms with Crippen LogP contribution in [-0.4, -0.2) is 31.1 Å². The third kappa shape index (κ3) is 5.51. The fraction of sp³-hybridized carbons (Fsp3) is 0.647. The van der Waals surface area contributed by atoms with Crippen LogP contribution in [0.5, 0.6) is 0 Å². The first kappa shape index (κ1) is 15.3. The van der Waals surface area contributed by atoms with Crippen molar-refractivity contribution >= 4 is 5.69 Å². The van der Waals surface area contributed by atoms with Crippen molar-refractivity contribution in [2.24, 2.45) is 5.73 Å². The van der Waals surface area contributed by atoms with Crippen LogP contribution in [0, 0.1) is 0 Å². The third-order valence-corrected chi connectivity index (χ3v) is 4.02. The average Bonchev–Trinajstić information content (AvgIpc) is 2.97. The van der Waals surface area contributed by atoms with Crippen LogP contribution in [0.4, 0.5) is 5.69 Å². The molecule has 0 radical (unpaired) electrons. The van der Waals surface area contributed by atoms with Gasteiger partial charge < -0.3 is 11.1 Å². The second kappa shape index (κ2) is 8.98. The molecule has 0 amide bonds. The van der Waals surface area contributed by atoms with Crippen molar-refractivity contribution < 1.29 is 0 Å². The standard InChI is InChI=1S/C17H29N3/c18-11-3-1-2-4-12-19-17-9-7-16(8-10-17)15-20-13-5-6-14-20/h7-10,19H,1-6,11-15,18H2. The van der Waals surface area contributed by atoms with E-state index >= 15 is 0 Å². The summed E-state index contributed by atoms with van der Waals surface area (Å²) in [6.45, 7) is 5.53. The van der Waals surface area contributed by atoms with Crippen LogP contribution in [0.1, 0.15) is 44.1 Å². The first-order valence-electron chi connectivity index (χ1n) is 8.14. The van der Waals surface area contributed by atoms with E-state index in [9.17, 15) is 0 Å². The zero-order chi connectivity index (χ0) is 14.0. The maximum Gasteiger partial charge on any atom is 0.0340 e. The number of unbranched alkanes of at least 4 members (excludes halogenated alkanes) is 3. The van der Waals surface area contributed by atoms with Gasteiger partial charge in [0.2, 0.25) is 0 Å². The molecule has 20 heavy (non-hydrogen) atoms. The normalized spacial score (nSPS) is 15.7. The Morgan fingerprint density at radius 1 is 0.950 bits per heavy atom. The molecule has 0 atom stereocenters. The van der Waals surface area contributed by atoms with Gasteiger partial charge in [-0.05, 0) is 63.0 Å². The highest BCUT2D eigenvalue weighted by atomic mass is 15.1. The number of benzene rings is 1. The Morgan fingerprint density at radius 2 is 1.65 bits per heavy atom. The van der Waals surface area contributed by atoms with Crippen LogP contribution >= 0.6 is 0 Å². The van der Waals surface area contributed by atoms with Crippen molar-refractivity contribution in [3.05, 3.63) is 29.8 Å². The predicted molar refractivity (Wildman–Crippen MR) is 87.0 cm³/mol. The summed E-state index contributed by atoms with van der Waals surface area (Å²) in [7, 11) is 0. The van der Waals surface area contributed by atoms with Gasteiger partial charge in [0.15, 0.2) is 0 Å². The van der Waals surface area contributed by atoms with Gasteiger partial charge in [-0.25, -0.2) is 0 Å². The number of nitrogens with zero attached hydrogens (tertiary/aromatic N) is 1. The fourth-order valence-corrected chi connectivity index (χ4v) is 2.78. The Hall–Kier alpha value is -1.06. The molecule has 3 nitrogen and oxygen atoms in total. The lowest BCUT2D eigenvalue weighted by atomic mass is 10.1. The topological polar surface area (TPSA) is 41.3 Å². The number of rotatable bonds is 9. The molecule has 0 aliphatic carbocycles. The van der Waals surface area contributed by atoms with Gasteiger partial charge in [-0.2, -0.15) is 0 Å². The quantitative estimate of drug-likeness (QED) is 0.680. The molecule has 0 unspecified atom stereocenters. The highest BCUT2D eigenvalue weighted by molar-refractivity contribution is 5.44. The Bertz CT molecular complexity index is 355. The molecule has 1 aromatic carbocycles. The van der Waals surface area contributed by atoms with Gasteiger partial charge in [-0.1, -0.05) is 25.0 Å². The molecule has 3 heteroatoms. The zero-order valence-corrected chi connectivity index (χ0v) is 12.6. The van der Waals surface area contributed by atoms with Gasteiger partial charge in [0.1, 0.15) is 0 Å². The second-order valence-electron chi connectivity index (χ2n) is 5.81. The summed E-state index contributed by atoms with van der Waals surface area (Å²) in [5.41, 5.74) is 8.16. The van der Waals surface area contributed by atoms with Gasteiger partial charge in [0.05, 0.1) is 0 Å².